The molecule has 0 bridgehead atoms. The lowest BCUT2D eigenvalue weighted by Gasteiger charge is -2.02. The number of oxazole rings is 1. The number of rotatable bonds is 3. The molecule has 2 rings (SSSR count). The lowest BCUT2D eigenvalue weighted by atomic mass is 10.3. The second-order valence-electron chi connectivity index (χ2n) is 3.09. The first-order valence-electron chi connectivity index (χ1n) is 4.47. The van der Waals surface area contributed by atoms with Crippen LogP contribution < -0.4 is 5.32 Å². The van der Waals surface area contributed by atoms with Crippen molar-refractivity contribution in [1.82, 2.24) is 4.98 Å². The van der Waals surface area contributed by atoms with Crippen molar-refractivity contribution in [2.75, 3.05) is 5.32 Å². The van der Waals surface area contributed by atoms with Gasteiger partial charge in [-0.2, -0.15) is 4.98 Å². The molecule has 0 radical (unpaired) electrons. The van der Waals surface area contributed by atoms with E-state index in [-0.39, 0.29) is 22.4 Å². The van der Waals surface area contributed by atoms with Gasteiger partial charge in [0.2, 0.25) is 0 Å². The Balaban J connectivity index is 2.22. The number of hydrogen-bond donors (Lipinski definition) is 2. The van der Waals surface area contributed by atoms with Gasteiger partial charge in [-0.15, -0.1) is 0 Å². The van der Waals surface area contributed by atoms with Crippen LogP contribution in [-0.2, 0) is 0 Å². The van der Waals surface area contributed by atoms with Crippen LogP contribution in [-0.4, -0.2) is 16.1 Å². The van der Waals surface area contributed by atoms with Gasteiger partial charge in [0.05, 0.1) is 5.69 Å². The quantitative estimate of drug-likeness (QED) is 0.883. The molecule has 88 valence electrons. The zero-order valence-corrected chi connectivity index (χ0v) is 9.03. The molecule has 0 unspecified atom stereocenters. The monoisotopic (exact) mass is 256 g/mol. The average Bonchev–Trinajstić information content (AvgIpc) is 2.71. The van der Waals surface area contributed by atoms with Gasteiger partial charge in [-0.05, 0) is 18.2 Å². The minimum absolute atomic E-state index is 0.0909. The number of benzene rings is 1. The van der Waals surface area contributed by atoms with Gasteiger partial charge in [-0.3, -0.25) is 0 Å². The lowest BCUT2D eigenvalue weighted by molar-refractivity contribution is 0.0690. The zero-order chi connectivity index (χ0) is 12.4. The number of carboxylic acid groups (broad SMARTS) is 1. The average molecular weight is 257 g/mol. The van der Waals surface area contributed by atoms with Gasteiger partial charge in [0.25, 0.3) is 6.01 Å². The van der Waals surface area contributed by atoms with Crippen LogP contribution in [0.5, 0.6) is 0 Å². The highest BCUT2D eigenvalue weighted by molar-refractivity contribution is 6.30. The molecule has 0 aliphatic carbocycles. The summed E-state index contributed by atoms with van der Waals surface area (Å²) in [5.41, 5.74) is -0.171. The van der Waals surface area contributed by atoms with Crippen molar-refractivity contribution in [3.05, 3.63) is 41.0 Å². The highest BCUT2D eigenvalue weighted by atomic mass is 35.5. The Morgan fingerprint density at radius 2 is 2.29 bits per heavy atom. The molecule has 0 aliphatic rings. The van der Waals surface area contributed by atoms with Crippen LogP contribution >= 0.6 is 11.6 Å². The van der Waals surface area contributed by atoms with E-state index in [1.165, 1.54) is 12.1 Å². The summed E-state index contributed by atoms with van der Waals surface area (Å²) < 4.78 is 18.2. The largest absolute Gasteiger partial charge is 0.476 e. The number of aromatic carboxylic acids is 1. The minimum Gasteiger partial charge on any atom is -0.476 e. The van der Waals surface area contributed by atoms with E-state index in [4.69, 9.17) is 21.1 Å². The van der Waals surface area contributed by atoms with E-state index in [0.29, 0.717) is 0 Å². The van der Waals surface area contributed by atoms with Crippen LogP contribution in [0.1, 0.15) is 10.5 Å². The van der Waals surface area contributed by atoms with Crippen LogP contribution in [0, 0.1) is 5.82 Å². The van der Waals surface area contributed by atoms with Gasteiger partial charge in [-0.1, -0.05) is 11.6 Å². The summed E-state index contributed by atoms with van der Waals surface area (Å²) in [6.07, 6.45) is 0.957. The molecule has 0 aliphatic heterocycles. The summed E-state index contributed by atoms with van der Waals surface area (Å²) in [6.45, 7) is 0. The fourth-order valence-electron chi connectivity index (χ4n) is 1.14. The van der Waals surface area contributed by atoms with E-state index in [9.17, 15) is 9.18 Å². The third-order valence-electron chi connectivity index (χ3n) is 1.90. The Bertz CT molecular complexity index is 570. The van der Waals surface area contributed by atoms with Gasteiger partial charge in [0.15, 0.2) is 5.69 Å². The minimum atomic E-state index is -1.22. The van der Waals surface area contributed by atoms with E-state index in [1.807, 2.05) is 0 Å². The molecule has 7 heteroatoms. The number of nitrogens with one attached hydrogen (secondary N) is 1. The summed E-state index contributed by atoms with van der Waals surface area (Å²) in [6, 6.07) is 3.88. The maximum absolute atomic E-state index is 13.4. The second kappa shape index (κ2) is 4.42. The Morgan fingerprint density at radius 1 is 1.53 bits per heavy atom. The second-order valence-corrected chi connectivity index (χ2v) is 3.53. The van der Waals surface area contributed by atoms with Crippen LogP contribution in [0.2, 0.25) is 5.02 Å². The molecule has 17 heavy (non-hydrogen) atoms. The molecule has 0 fully saturated rings. The molecule has 0 spiro atoms. The fraction of sp³-hybridized carbons (Fsp3) is 0. The maximum atomic E-state index is 13.4. The first-order valence-corrected chi connectivity index (χ1v) is 4.85. The van der Waals surface area contributed by atoms with Crippen molar-refractivity contribution < 1.29 is 18.7 Å². The summed E-state index contributed by atoms with van der Waals surface area (Å²) in [4.78, 5) is 14.1. The molecule has 1 aromatic carbocycles. The van der Waals surface area contributed by atoms with Gasteiger partial charge in [0, 0.05) is 5.02 Å². The van der Waals surface area contributed by atoms with Crippen LogP contribution in [0.25, 0.3) is 0 Å². The predicted octanol–water partition coefficient (Wildman–Crippen LogP) is 2.91. The molecule has 1 aromatic heterocycles. The normalized spacial score (nSPS) is 10.2. The van der Waals surface area contributed by atoms with E-state index >= 15 is 0 Å². The first-order chi connectivity index (χ1) is 8.06. The van der Waals surface area contributed by atoms with Crippen molar-refractivity contribution >= 4 is 29.3 Å². The third-order valence-corrected chi connectivity index (χ3v) is 2.13. The van der Waals surface area contributed by atoms with E-state index in [2.05, 4.69) is 10.3 Å². The zero-order valence-electron chi connectivity index (χ0n) is 8.28. The molecule has 0 saturated carbocycles. The molecule has 2 aromatic rings. The van der Waals surface area contributed by atoms with Gasteiger partial charge < -0.3 is 14.8 Å². The number of carboxylic acids is 1. The molecular weight excluding hydrogens is 251 g/mol. The SMILES string of the molecule is O=C(O)c1coc(Nc2ccc(Cl)cc2F)n1. The van der Waals surface area contributed by atoms with E-state index in [0.717, 1.165) is 12.3 Å². The Labute approximate surface area is 99.8 Å². The smallest absolute Gasteiger partial charge is 0.357 e. The number of carbonyl (C=O) groups is 1. The van der Waals surface area contributed by atoms with Gasteiger partial charge >= 0.3 is 5.97 Å². The van der Waals surface area contributed by atoms with Crippen molar-refractivity contribution in [1.29, 1.82) is 0 Å². The van der Waals surface area contributed by atoms with Crippen molar-refractivity contribution in [3.63, 3.8) is 0 Å². The number of halogens is 2. The highest BCUT2D eigenvalue weighted by Gasteiger charge is 2.11. The predicted molar refractivity (Wildman–Crippen MR) is 58.2 cm³/mol. The molecule has 0 atom stereocenters. The van der Waals surface area contributed by atoms with Crippen LogP contribution in [0.3, 0.4) is 0 Å². The van der Waals surface area contributed by atoms with Crippen molar-refractivity contribution in [2.45, 2.75) is 0 Å². The number of hydrogen-bond acceptors (Lipinski definition) is 4. The molecule has 0 amide bonds. The van der Waals surface area contributed by atoms with E-state index in [1.54, 1.807) is 0 Å². The standard InChI is InChI=1S/C10H6ClFN2O3/c11-5-1-2-7(6(12)3-5)13-10-14-8(4-17-10)9(15)16/h1-4H,(H,13,14)(H,15,16). The van der Waals surface area contributed by atoms with Gasteiger partial charge in [0.1, 0.15) is 12.1 Å². The van der Waals surface area contributed by atoms with Crippen molar-refractivity contribution in [3.8, 4) is 0 Å². The van der Waals surface area contributed by atoms with Gasteiger partial charge in [-0.25, -0.2) is 9.18 Å². The molecule has 1 heterocycles. The van der Waals surface area contributed by atoms with Crippen LogP contribution in [0.15, 0.2) is 28.9 Å². The fourth-order valence-corrected chi connectivity index (χ4v) is 1.29. The number of aromatic nitrogens is 1. The molecule has 2 N–H and O–H groups in total. The molecule has 0 saturated heterocycles. The Kier molecular flexibility index (Phi) is 2.97. The first kappa shape index (κ1) is 11.4. The van der Waals surface area contributed by atoms with Crippen LogP contribution in [0.4, 0.5) is 16.1 Å². The lowest BCUT2D eigenvalue weighted by Crippen LogP contribution is -1.98. The summed E-state index contributed by atoms with van der Waals surface area (Å²) >= 11 is 5.58. The summed E-state index contributed by atoms with van der Waals surface area (Å²) in [7, 11) is 0. The number of anilines is 2. The summed E-state index contributed by atoms with van der Waals surface area (Å²) in [5.74, 6) is -1.81. The third kappa shape index (κ3) is 2.54. The highest BCUT2D eigenvalue weighted by Crippen LogP contribution is 2.22. The summed E-state index contributed by atoms with van der Waals surface area (Å²) in [5, 5.41) is 11.4. The topological polar surface area (TPSA) is 75.4 Å². The van der Waals surface area contributed by atoms with Crippen molar-refractivity contribution in [2.24, 2.45) is 0 Å². The van der Waals surface area contributed by atoms with E-state index < -0.39 is 11.8 Å². The molecular formula is C10H6ClFN2O3. The maximum Gasteiger partial charge on any atom is 0.357 e. The molecule has 5 nitrogen and oxygen atoms in total. The number of nitrogens with zero attached hydrogens (tertiary/aromatic N) is 1. The Morgan fingerprint density at radius 3 is 2.88 bits per heavy atom. The Hall–Kier alpha value is -2.08.